The van der Waals surface area contributed by atoms with E-state index in [1.165, 1.54) is 6.20 Å². The van der Waals surface area contributed by atoms with Crippen molar-refractivity contribution in [2.45, 2.75) is 26.3 Å². The SMILES string of the molecule is CCCCNC(=O)C[n+]1cccc(O)c1. The number of hydrogen-bond acceptors (Lipinski definition) is 2. The summed E-state index contributed by atoms with van der Waals surface area (Å²) in [5.41, 5.74) is 0. The molecule has 0 aliphatic heterocycles. The monoisotopic (exact) mass is 209 g/mol. The smallest absolute Gasteiger partial charge is 0.285 e. The van der Waals surface area contributed by atoms with Crippen LogP contribution in [0, 0.1) is 0 Å². The van der Waals surface area contributed by atoms with Crippen molar-refractivity contribution in [3.63, 3.8) is 0 Å². The third kappa shape index (κ3) is 4.44. The molecule has 0 fully saturated rings. The van der Waals surface area contributed by atoms with Crippen molar-refractivity contribution in [3.05, 3.63) is 24.5 Å². The number of hydrogen-bond donors (Lipinski definition) is 2. The molecule has 0 bridgehead atoms. The van der Waals surface area contributed by atoms with Crippen molar-refractivity contribution in [2.24, 2.45) is 0 Å². The van der Waals surface area contributed by atoms with E-state index >= 15 is 0 Å². The van der Waals surface area contributed by atoms with Crippen LogP contribution in [0.25, 0.3) is 0 Å². The first-order valence-corrected chi connectivity index (χ1v) is 5.17. The second-order valence-electron chi connectivity index (χ2n) is 3.44. The van der Waals surface area contributed by atoms with Crippen LogP contribution in [0.5, 0.6) is 5.75 Å². The highest BCUT2D eigenvalue weighted by Crippen LogP contribution is 1.99. The van der Waals surface area contributed by atoms with Gasteiger partial charge in [0.1, 0.15) is 0 Å². The molecule has 2 N–H and O–H groups in total. The summed E-state index contributed by atoms with van der Waals surface area (Å²) in [5, 5.41) is 12.0. The minimum atomic E-state index is -0.0287. The van der Waals surface area contributed by atoms with Gasteiger partial charge in [-0.25, -0.2) is 0 Å². The van der Waals surface area contributed by atoms with Gasteiger partial charge in [0, 0.05) is 12.6 Å². The minimum absolute atomic E-state index is 0.0287. The summed E-state index contributed by atoms with van der Waals surface area (Å²) in [7, 11) is 0. The molecule has 4 nitrogen and oxygen atoms in total. The van der Waals surface area contributed by atoms with Crippen molar-refractivity contribution in [3.8, 4) is 5.75 Å². The van der Waals surface area contributed by atoms with E-state index in [-0.39, 0.29) is 18.2 Å². The van der Waals surface area contributed by atoms with E-state index in [1.807, 2.05) is 0 Å². The third-order valence-electron chi connectivity index (χ3n) is 2.02. The lowest BCUT2D eigenvalue weighted by Gasteiger charge is -2.01. The molecule has 0 aliphatic rings. The molecule has 1 aromatic heterocycles. The summed E-state index contributed by atoms with van der Waals surface area (Å²) >= 11 is 0. The van der Waals surface area contributed by atoms with Gasteiger partial charge in [-0.2, -0.15) is 4.57 Å². The molecular weight excluding hydrogens is 192 g/mol. The number of rotatable bonds is 5. The lowest BCUT2D eigenvalue weighted by molar-refractivity contribution is -0.684. The predicted molar refractivity (Wildman–Crippen MR) is 56.2 cm³/mol. The number of pyridine rings is 1. The number of unbranched alkanes of at least 4 members (excludes halogenated alkanes) is 1. The molecule has 1 aromatic rings. The standard InChI is InChI=1S/C11H16N2O2/c1-2-3-6-12-11(15)9-13-7-4-5-10(14)8-13/h4-5,7-8H,2-3,6,9H2,1H3,(H-,12,14,15)/p+1. The normalized spacial score (nSPS) is 9.93. The van der Waals surface area contributed by atoms with Gasteiger partial charge in [0.15, 0.2) is 11.9 Å². The molecule has 0 radical (unpaired) electrons. The molecule has 4 heteroatoms. The fourth-order valence-electron chi connectivity index (χ4n) is 1.23. The van der Waals surface area contributed by atoms with Gasteiger partial charge >= 0.3 is 0 Å². The van der Waals surface area contributed by atoms with Crippen LogP contribution in [0.3, 0.4) is 0 Å². The second kappa shape index (κ2) is 6.01. The lowest BCUT2D eigenvalue weighted by atomic mass is 10.3. The average Bonchev–Trinajstić information content (AvgIpc) is 2.18. The number of nitrogens with one attached hydrogen (secondary N) is 1. The molecular formula is C11H17N2O2+. The van der Waals surface area contributed by atoms with Gasteiger partial charge in [0.2, 0.25) is 12.7 Å². The minimum Gasteiger partial charge on any atom is -0.503 e. The van der Waals surface area contributed by atoms with Crippen LogP contribution in [0.2, 0.25) is 0 Å². The summed E-state index contributed by atoms with van der Waals surface area (Å²) < 4.78 is 1.65. The molecule has 0 saturated heterocycles. The van der Waals surface area contributed by atoms with Crippen molar-refractivity contribution in [1.82, 2.24) is 5.32 Å². The van der Waals surface area contributed by atoms with Crippen LogP contribution in [0.4, 0.5) is 0 Å². The highest BCUT2D eigenvalue weighted by atomic mass is 16.3. The summed E-state index contributed by atoms with van der Waals surface area (Å²) in [6.45, 7) is 3.04. The zero-order chi connectivity index (χ0) is 11.1. The average molecular weight is 209 g/mol. The van der Waals surface area contributed by atoms with E-state index in [0.717, 1.165) is 12.8 Å². The maximum atomic E-state index is 11.4. The first-order valence-electron chi connectivity index (χ1n) is 5.17. The van der Waals surface area contributed by atoms with E-state index in [2.05, 4.69) is 12.2 Å². The Balaban J connectivity index is 2.37. The van der Waals surface area contributed by atoms with Gasteiger partial charge in [-0.05, 0) is 12.5 Å². The maximum absolute atomic E-state index is 11.4. The van der Waals surface area contributed by atoms with Gasteiger partial charge in [0.05, 0.1) is 0 Å². The number of nitrogens with zero attached hydrogens (tertiary/aromatic N) is 1. The first-order chi connectivity index (χ1) is 7.22. The fraction of sp³-hybridized carbons (Fsp3) is 0.455. The zero-order valence-electron chi connectivity index (χ0n) is 8.94. The fourth-order valence-corrected chi connectivity index (χ4v) is 1.23. The molecule has 1 amide bonds. The number of aromatic hydroxyl groups is 1. The largest absolute Gasteiger partial charge is 0.503 e. The molecule has 1 rings (SSSR count). The quantitative estimate of drug-likeness (QED) is 0.551. The molecule has 82 valence electrons. The predicted octanol–water partition coefficient (Wildman–Crippen LogP) is 0.596. The summed E-state index contributed by atoms with van der Waals surface area (Å²) in [6, 6.07) is 3.28. The van der Waals surface area contributed by atoms with Crippen LogP contribution in [0.15, 0.2) is 24.5 Å². The van der Waals surface area contributed by atoms with Gasteiger partial charge < -0.3 is 10.4 Å². The Bertz CT molecular complexity index is 326. The summed E-state index contributed by atoms with van der Waals surface area (Å²) in [5.74, 6) is 0.137. The Morgan fingerprint density at radius 2 is 2.40 bits per heavy atom. The van der Waals surface area contributed by atoms with E-state index in [9.17, 15) is 9.90 Å². The first kappa shape index (κ1) is 11.5. The van der Waals surface area contributed by atoms with Crippen molar-refractivity contribution >= 4 is 5.91 Å². The molecule has 0 aromatic carbocycles. The van der Waals surface area contributed by atoms with Crippen LogP contribution in [0.1, 0.15) is 19.8 Å². The number of carbonyl (C=O) groups excluding carboxylic acids is 1. The van der Waals surface area contributed by atoms with Crippen molar-refractivity contribution < 1.29 is 14.5 Å². The third-order valence-corrected chi connectivity index (χ3v) is 2.02. The Morgan fingerprint density at radius 1 is 1.60 bits per heavy atom. The molecule has 15 heavy (non-hydrogen) atoms. The van der Waals surface area contributed by atoms with Gasteiger partial charge in [-0.1, -0.05) is 13.3 Å². The number of amides is 1. The Hall–Kier alpha value is -1.58. The summed E-state index contributed by atoms with van der Waals surface area (Å²) in [4.78, 5) is 11.4. The second-order valence-corrected chi connectivity index (χ2v) is 3.44. The van der Waals surface area contributed by atoms with Crippen molar-refractivity contribution in [2.75, 3.05) is 6.54 Å². The van der Waals surface area contributed by atoms with Crippen LogP contribution in [-0.2, 0) is 11.3 Å². The number of carbonyl (C=O) groups is 1. The van der Waals surface area contributed by atoms with Gasteiger partial charge in [0.25, 0.3) is 5.91 Å². The van der Waals surface area contributed by atoms with E-state index in [0.29, 0.717) is 6.54 Å². The molecule has 1 heterocycles. The number of aromatic nitrogens is 1. The van der Waals surface area contributed by atoms with Crippen molar-refractivity contribution in [1.29, 1.82) is 0 Å². The molecule has 0 atom stereocenters. The van der Waals surface area contributed by atoms with Gasteiger partial charge in [-0.3, -0.25) is 4.79 Å². The topological polar surface area (TPSA) is 53.2 Å². The molecule has 0 unspecified atom stereocenters. The maximum Gasteiger partial charge on any atom is 0.285 e. The highest BCUT2D eigenvalue weighted by molar-refractivity contribution is 5.74. The Morgan fingerprint density at radius 3 is 3.07 bits per heavy atom. The Labute approximate surface area is 89.6 Å². The van der Waals surface area contributed by atoms with E-state index in [4.69, 9.17) is 0 Å². The van der Waals surface area contributed by atoms with Gasteiger partial charge in [-0.15, -0.1) is 0 Å². The molecule has 0 saturated carbocycles. The lowest BCUT2D eigenvalue weighted by Crippen LogP contribution is -2.42. The highest BCUT2D eigenvalue weighted by Gasteiger charge is 2.08. The Kier molecular flexibility index (Phi) is 4.60. The summed E-state index contributed by atoms with van der Waals surface area (Å²) in [6.07, 6.45) is 5.34. The van der Waals surface area contributed by atoms with E-state index in [1.54, 1.807) is 22.9 Å². The van der Waals surface area contributed by atoms with Crippen LogP contribution in [-0.4, -0.2) is 17.6 Å². The van der Waals surface area contributed by atoms with E-state index < -0.39 is 0 Å². The zero-order valence-corrected chi connectivity index (χ0v) is 8.94. The molecule has 0 aliphatic carbocycles. The molecule has 0 spiro atoms. The van der Waals surface area contributed by atoms with Crippen LogP contribution >= 0.6 is 0 Å². The van der Waals surface area contributed by atoms with Crippen LogP contribution < -0.4 is 9.88 Å².